The van der Waals surface area contributed by atoms with E-state index in [1.165, 1.54) is 24.4 Å². The number of sulfone groups is 1. The van der Waals surface area contributed by atoms with Gasteiger partial charge in [0.05, 0.1) is 11.9 Å². The zero-order valence-corrected chi connectivity index (χ0v) is 22.0. The quantitative estimate of drug-likeness (QED) is 0.315. The molecule has 196 valence electrons. The predicted molar refractivity (Wildman–Crippen MR) is 137 cm³/mol. The van der Waals surface area contributed by atoms with Crippen LogP contribution in [-0.4, -0.2) is 29.2 Å². The Morgan fingerprint density at radius 3 is 2.45 bits per heavy atom. The number of rotatable bonds is 5. The molecule has 2 atom stereocenters. The third-order valence-electron chi connectivity index (χ3n) is 6.72. The molecular formula is C27H21ClF3N3O3S. The Bertz CT molecular complexity index is 1790. The summed E-state index contributed by atoms with van der Waals surface area (Å²) in [5.74, 6) is -2.77. The zero-order valence-electron chi connectivity index (χ0n) is 20.5. The SMILES string of the molecule is Cc1cnc(-c2cccc(S(C)(=O)=O)c2F)c(F)c1-n1c(C)cc([C@H]2C[C@@H]2c2cncc(F)c2)c(Cl)c1=O. The molecule has 1 saturated carbocycles. The molecule has 0 bridgehead atoms. The molecule has 4 aromatic rings. The lowest BCUT2D eigenvalue weighted by Crippen LogP contribution is -2.24. The van der Waals surface area contributed by atoms with Crippen molar-refractivity contribution < 1.29 is 21.6 Å². The molecule has 0 aliphatic heterocycles. The first-order chi connectivity index (χ1) is 17.9. The molecule has 38 heavy (non-hydrogen) atoms. The van der Waals surface area contributed by atoms with Gasteiger partial charge in [0.25, 0.3) is 5.56 Å². The minimum absolute atomic E-state index is 0.0542. The number of nitrogens with zero attached hydrogens (tertiary/aromatic N) is 3. The number of aryl methyl sites for hydroxylation is 2. The number of hydrogen-bond donors (Lipinski definition) is 0. The summed E-state index contributed by atoms with van der Waals surface area (Å²) < 4.78 is 69.8. The molecule has 1 aliphatic rings. The van der Waals surface area contributed by atoms with E-state index in [0.717, 1.165) is 23.1 Å². The van der Waals surface area contributed by atoms with E-state index in [1.54, 1.807) is 26.1 Å². The lowest BCUT2D eigenvalue weighted by Gasteiger charge is -2.18. The highest BCUT2D eigenvalue weighted by Gasteiger charge is 2.42. The van der Waals surface area contributed by atoms with E-state index in [4.69, 9.17) is 11.6 Å². The average molecular weight is 560 g/mol. The molecule has 0 unspecified atom stereocenters. The molecule has 1 fully saturated rings. The molecule has 3 aromatic heterocycles. The highest BCUT2D eigenvalue weighted by atomic mass is 35.5. The van der Waals surface area contributed by atoms with E-state index in [0.29, 0.717) is 23.2 Å². The molecular weight excluding hydrogens is 539 g/mol. The van der Waals surface area contributed by atoms with Gasteiger partial charge in [0.2, 0.25) is 0 Å². The van der Waals surface area contributed by atoms with Crippen molar-refractivity contribution in [2.45, 2.75) is 37.0 Å². The van der Waals surface area contributed by atoms with Gasteiger partial charge in [-0.1, -0.05) is 17.7 Å². The summed E-state index contributed by atoms with van der Waals surface area (Å²) in [4.78, 5) is 20.8. The predicted octanol–water partition coefficient (Wildman–Crippen LogP) is 5.66. The normalized spacial score (nSPS) is 17.0. The van der Waals surface area contributed by atoms with Crippen LogP contribution in [0.4, 0.5) is 13.2 Å². The van der Waals surface area contributed by atoms with Crippen molar-refractivity contribution in [3.63, 3.8) is 0 Å². The van der Waals surface area contributed by atoms with Gasteiger partial charge < -0.3 is 0 Å². The van der Waals surface area contributed by atoms with E-state index in [9.17, 15) is 17.6 Å². The highest BCUT2D eigenvalue weighted by molar-refractivity contribution is 7.90. The Morgan fingerprint density at radius 2 is 1.76 bits per heavy atom. The molecule has 5 rings (SSSR count). The standard InChI is InChI=1S/C27H21ClF3N3O3S/c1-13-10-33-25(17-5-4-6-21(23(17)30)38(3,36)37)24(31)26(13)34-14(2)7-20(22(28)27(34)35)19-9-18(19)15-8-16(29)12-32-11-15/h4-8,10-12,18-19H,9H2,1-3H3/t18-,19+/m1/s1. The van der Waals surface area contributed by atoms with Crippen LogP contribution in [0.2, 0.25) is 5.02 Å². The van der Waals surface area contributed by atoms with Crippen molar-refractivity contribution in [3.8, 4) is 16.9 Å². The molecule has 0 N–H and O–H groups in total. The Morgan fingerprint density at radius 1 is 1.03 bits per heavy atom. The zero-order chi connectivity index (χ0) is 27.5. The Hall–Kier alpha value is -3.50. The Labute approximate surface area is 221 Å². The fourth-order valence-corrected chi connectivity index (χ4v) is 5.87. The molecule has 0 radical (unpaired) electrons. The van der Waals surface area contributed by atoms with Gasteiger partial charge in [-0.15, -0.1) is 0 Å². The minimum atomic E-state index is -3.92. The number of hydrogen-bond acceptors (Lipinski definition) is 5. The van der Waals surface area contributed by atoms with Gasteiger partial charge >= 0.3 is 0 Å². The smallest absolute Gasteiger partial charge is 0.274 e. The maximum atomic E-state index is 16.0. The summed E-state index contributed by atoms with van der Waals surface area (Å²) in [6.07, 6.45) is 5.47. The van der Waals surface area contributed by atoms with Gasteiger partial charge in [-0.3, -0.25) is 19.3 Å². The van der Waals surface area contributed by atoms with Crippen LogP contribution in [0.25, 0.3) is 16.9 Å². The largest absolute Gasteiger partial charge is 0.277 e. The van der Waals surface area contributed by atoms with Gasteiger partial charge in [-0.25, -0.2) is 21.6 Å². The van der Waals surface area contributed by atoms with Crippen molar-refractivity contribution in [1.29, 1.82) is 0 Å². The Kier molecular flexibility index (Phi) is 6.43. The Balaban J connectivity index is 1.62. The number of benzene rings is 1. The highest BCUT2D eigenvalue weighted by Crippen LogP contribution is 2.55. The molecule has 1 aromatic carbocycles. The fraction of sp³-hybridized carbons (Fsp3) is 0.222. The molecule has 1 aliphatic carbocycles. The first-order valence-electron chi connectivity index (χ1n) is 11.6. The topological polar surface area (TPSA) is 81.9 Å². The second kappa shape index (κ2) is 9.36. The second-order valence-electron chi connectivity index (χ2n) is 9.42. The van der Waals surface area contributed by atoms with Crippen molar-refractivity contribution in [2.24, 2.45) is 0 Å². The monoisotopic (exact) mass is 559 g/mol. The van der Waals surface area contributed by atoms with Crippen molar-refractivity contribution in [1.82, 2.24) is 14.5 Å². The van der Waals surface area contributed by atoms with Crippen LogP contribution in [-0.2, 0) is 9.84 Å². The summed E-state index contributed by atoms with van der Waals surface area (Å²) >= 11 is 6.51. The van der Waals surface area contributed by atoms with E-state index >= 15 is 8.78 Å². The number of halogens is 4. The van der Waals surface area contributed by atoms with Crippen LogP contribution >= 0.6 is 11.6 Å². The molecule has 0 spiro atoms. The van der Waals surface area contributed by atoms with Crippen molar-refractivity contribution in [2.75, 3.05) is 6.26 Å². The van der Waals surface area contributed by atoms with E-state index in [1.807, 2.05) is 0 Å². The maximum Gasteiger partial charge on any atom is 0.274 e. The van der Waals surface area contributed by atoms with Gasteiger partial charge in [-0.2, -0.15) is 0 Å². The average Bonchev–Trinajstić information content (AvgIpc) is 3.64. The van der Waals surface area contributed by atoms with E-state index < -0.39 is 43.4 Å². The van der Waals surface area contributed by atoms with E-state index in [-0.39, 0.29) is 33.7 Å². The van der Waals surface area contributed by atoms with Gasteiger partial charge in [0.15, 0.2) is 21.5 Å². The van der Waals surface area contributed by atoms with E-state index in [2.05, 4.69) is 9.97 Å². The third kappa shape index (κ3) is 4.41. The minimum Gasteiger partial charge on any atom is -0.277 e. The third-order valence-corrected chi connectivity index (χ3v) is 8.22. The van der Waals surface area contributed by atoms with Crippen LogP contribution in [0.3, 0.4) is 0 Å². The van der Waals surface area contributed by atoms with Crippen LogP contribution in [0.15, 0.2) is 58.6 Å². The van der Waals surface area contributed by atoms with Crippen LogP contribution in [0.5, 0.6) is 0 Å². The van der Waals surface area contributed by atoms with Crippen LogP contribution in [0.1, 0.15) is 40.6 Å². The molecule has 6 nitrogen and oxygen atoms in total. The van der Waals surface area contributed by atoms with Crippen LogP contribution < -0.4 is 5.56 Å². The first kappa shape index (κ1) is 26.1. The van der Waals surface area contributed by atoms with Gasteiger partial charge in [0.1, 0.15) is 21.4 Å². The van der Waals surface area contributed by atoms with Gasteiger partial charge in [-0.05, 0) is 73.1 Å². The van der Waals surface area contributed by atoms with Crippen LogP contribution in [0, 0.1) is 31.3 Å². The summed E-state index contributed by atoms with van der Waals surface area (Å²) in [6.45, 7) is 3.16. The summed E-state index contributed by atoms with van der Waals surface area (Å²) in [5, 5.41) is -0.102. The fourth-order valence-electron chi connectivity index (χ4n) is 4.83. The maximum absolute atomic E-state index is 16.0. The molecule has 0 saturated heterocycles. The summed E-state index contributed by atoms with van der Waals surface area (Å²) in [6, 6.07) is 6.67. The lowest BCUT2D eigenvalue weighted by molar-refractivity contribution is 0.569. The lowest BCUT2D eigenvalue weighted by atomic mass is 10.0. The van der Waals surface area contributed by atoms with Crippen molar-refractivity contribution >= 4 is 21.4 Å². The molecule has 3 heterocycles. The first-order valence-corrected chi connectivity index (χ1v) is 13.8. The molecule has 0 amide bonds. The van der Waals surface area contributed by atoms with Gasteiger partial charge in [0, 0.05) is 29.9 Å². The summed E-state index contributed by atoms with van der Waals surface area (Å²) in [7, 11) is -3.92. The van der Waals surface area contributed by atoms with Crippen molar-refractivity contribution in [3.05, 3.63) is 104 Å². The molecule has 11 heteroatoms. The summed E-state index contributed by atoms with van der Waals surface area (Å²) in [5.41, 5.74) is 0.291. The number of aromatic nitrogens is 3. The number of pyridine rings is 3. The second-order valence-corrected chi connectivity index (χ2v) is 11.8.